The molecule has 2 atom stereocenters. The van der Waals surface area contributed by atoms with Gasteiger partial charge in [-0.2, -0.15) is 0 Å². The molecule has 1 N–H and O–H groups in total. The smallest absolute Gasteiger partial charge is 0.303 e. The molecule has 196 valence electrons. The molecule has 0 amide bonds. The highest BCUT2D eigenvalue weighted by atomic mass is 19.1. The number of carbonyl (C=O) groups is 1. The fraction of sp³-hybridized carbons (Fsp3) is 0.406. The van der Waals surface area contributed by atoms with Crippen LogP contribution < -0.4 is 9.47 Å². The second-order valence-electron chi connectivity index (χ2n) is 10.6. The van der Waals surface area contributed by atoms with Crippen LogP contribution in [0.15, 0.2) is 60.7 Å². The van der Waals surface area contributed by atoms with Crippen LogP contribution in [0.1, 0.15) is 75.0 Å². The summed E-state index contributed by atoms with van der Waals surface area (Å²) in [6, 6.07) is 18.7. The van der Waals surface area contributed by atoms with Crippen LogP contribution in [0.4, 0.5) is 4.39 Å². The van der Waals surface area contributed by atoms with Crippen LogP contribution in [0.5, 0.6) is 11.5 Å². The zero-order chi connectivity index (χ0) is 26.5. The van der Waals surface area contributed by atoms with E-state index in [4.69, 9.17) is 9.47 Å². The maximum absolute atomic E-state index is 14.9. The second kappa shape index (κ2) is 11.8. The van der Waals surface area contributed by atoms with E-state index in [9.17, 15) is 14.3 Å². The van der Waals surface area contributed by atoms with Gasteiger partial charge in [0.25, 0.3) is 0 Å². The maximum Gasteiger partial charge on any atom is 0.303 e. The number of aliphatic carboxylic acids is 1. The summed E-state index contributed by atoms with van der Waals surface area (Å²) in [6.45, 7) is 6.87. The van der Waals surface area contributed by atoms with Gasteiger partial charge in [-0.15, -0.1) is 0 Å². The third kappa shape index (κ3) is 6.91. The minimum absolute atomic E-state index is 0.00378. The second-order valence-corrected chi connectivity index (χ2v) is 10.6. The lowest BCUT2D eigenvalue weighted by Crippen LogP contribution is -2.08. The summed E-state index contributed by atoms with van der Waals surface area (Å²) in [5.41, 5.74) is 4.48. The molecule has 0 bridgehead atoms. The first-order valence-corrected chi connectivity index (χ1v) is 13.2. The molecule has 4 rings (SSSR count). The molecule has 0 heterocycles. The number of hydrogen-bond acceptors (Lipinski definition) is 3. The van der Waals surface area contributed by atoms with Gasteiger partial charge in [0.2, 0.25) is 0 Å². The van der Waals surface area contributed by atoms with Crippen molar-refractivity contribution in [3.63, 3.8) is 0 Å². The van der Waals surface area contributed by atoms with E-state index in [1.54, 1.807) is 19.2 Å². The van der Waals surface area contributed by atoms with E-state index in [1.807, 2.05) is 36.4 Å². The van der Waals surface area contributed by atoms with Crippen molar-refractivity contribution in [3.05, 3.63) is 83.2 Å². The summed E-state index contributed by atoms with van der Waals surface area (Å²) in [4.78, 5) is 11.4. The van der Waals surface area contributed by atoms with Gasteiger partial charge in [-0.1, -0.05) is 63.9 Å². The fourth-order valence-corrected chi connectivity index (χ4v) is 4.85. The molecule has 0 aliphatic heterocycles. The lowest BCUT2D eigenvalue weighted by Gasteiger charge is -2.22. The first kappa shape index (κ1) is 26.7. The van der Waals surface area contributed by atoms with Gasteiger partial charge in [0, 0.05) is 5.56 Å². The lowest BCUT2D eigenvalue weighted by molar-refractivity contribution is -0.137. The predicted octanol–water partition coefficient (Wildman–Crippen LogP) is 8.20. The molecule has 1 saturated carbocycles. The maximum atomic E-state index is 14.9. The molecule has 1 fully saturated rings. The van der Waals surface area contributed by atoms with Gasteiger partial charge in [-0.05, 0) is 82.7 Å². The molecule has 1 unspecified atom stereocenters. The molecule has 1 aliphatic rings. The highest BCUT2D eigenvalue weighted by Gasteiger charge is 2.28. The van der Waals surface area contributed by atoms with E-state index in [-0.39, 0.29) is 24.1 Å². The highest BCUT2D eigenvalue weighted by Crippen LogP contribution is 2.41. The predicted molar refractivity (Wildman–Crippen MR) is 145 cm³/mol. The molecule has 0 saturated heterocycles. The number of methoxy groups -OCH3 is 1. The molecule has 5 heteroatoms. The number of carboxylic acid groups (broad SMARTS) is 1. The lowest BCUT2D eigenvalue weighted by atomic mass is 9.84. The minimum Gasteiger partial charge on any atom is -0.497 e. The molecule has 0 radical (unpaired) electrons. The summed E-state index contributed by atoms with van der Waals surface area (Å²) in [5, 5.41) is 9.40. The number of benzene rings is 3. The Morgan fingerprint density at radius 1 is 1.00 bits per heavy atom. The van der Waals surface area contributed by atoms with Crippen LogP contribution in [0, 0.1) is 17.7 Å². The Labute approximate surface area is 219 Å². The summed E-state index contributed by atoms with van der Waals surface area (Å²) in [6.07, 6.45) is 3.44. The van der Waals surface area contributed by atoms with E-state index in [2.05, 4.69) is 26.8 Å². The van der Waals surface area contributed by atoms with Crippen LogP contribution >= 0.6 is 0 Å². The molecule has 1 aliphatic carbocycles. The van der Waals surface area contributed by atoms with Crippen LogP contribution in [0.2, 0.25) is 0 Å². The van der Waals surface area contributed by atoms with Crippen molar-refractivity contribution in [3.8, 4) is 22.6 Å². The van der Waals surface area contributed by atoms with Crippen LogP contribution in [-0.4, -0.2) is 18.2 Å². The van der Waals surface area contributed by atoms with Crippen molar-refractivity contribution < 1.29 is 23.8 Å². The number of carboxylic acids is 1. The van der Waals surface area contributed by atoms with Crippen molar-refractivity contribution in [1.82, 2.24) is 0 Å². The number of halogens is 1. The van der Waals surface area contributed by atoms with E-state index < -0.39 is 5.97 Å². The van der Waals surface area contributed by atoms with Gasteiger partial charge in [0.1, 0.15) is 23.9 Å². The molecule has 3 aromatic carbocycles. The van der Waals surface area contributed by atoms with Gasteiger partial charge >= 0.3 is 5.97 Å². The van der Waals surface area contributed by atoms with E-state index in [1.165, 1.54) is 18.9 Å². The van der Waals surface area contributed by atoms with Gasteiger partial charge < -0.3 is 14.6 Å². The Balaban J connectivity index is 1.57. The SMILES string of the molecule is COc1ccc(F)c(-c2ccc(COc3cccc([C@@H](CC(=O)O)CC4CC4)c3)cc2C(C)C(C)C)c1. The first-order chi connectivity index (χ1) is 17.7. The molecule has 4 nitrogen and oxygen atoms in total. The third-order valence-electron chi connectivity index (χ3n) is 7.54. The number of rotatable bonds is 12. The van der Waals surface area contributed by atoms with E-state index in [0.29, 0.717) is 29.8 Å². The zero-order valence-electron chi connectivity index (χ0n) is 22.2. The molecule has 0 spiro atoms. The third-order valence-corrected chi connectivity index (χ3v) is 7.54. The number of ether oxygens (including phenoxy) is 2. The Morgan fingerprint density at radius 2 is 1.78 bits per heavy atom. The molecule has 37 heavy (non-hydrogen) atoms. The zero-order valence-corrected chi connectivity index (χ0v) is 22.2. The van der Waals surface area contributed by atoms with Crippen molar-refractivity contribution in [2.75, 3.05) is 7.11 Å². The Kier molecular flexibility index (Phi) is 8.52. The molecular weight excluding hydrogens is 467 g/mol. The van der Waals surface area contributed by atoms with Crippen LogP contribution in [-0.2, 0) is 11.4 Å². The highest BCUT2D eigenvalue weighted by molar-refractivity contribution is 5.71. The summed E-state index contributed by atoms with van der Waals surface area (Å²) in [7, 11) is 1.58. The monoisotopic (exact) mass is 504 g/mol. The average Bonchev–Trinajstić information content (AvgIpc) is 3.71. The Bertz CT molecular complexity index is 1230. The summed E-state index contributed by atoms with van der Waals surface area (Å²) >= 11 is 0. The number of hydrogen-bond donors (Lipinski definition) is 1. The van der Waals surface area contributed by atoms with Crippen molar-refractivity contribution in [2.45, 2.75) is 64.9 Å². The van der Waals surface area contributed by atoms with Crippen molar-refractivity contribution >= 4 is 5.97 Å². The van der Waals surface area contributed by atoms with Gasteiger partial charge in [-0.25, -0.2) is 4.39 Å². The Hall–Kier alpha value is -3.34. The fourth-order valence-electron chi connectivity index (χ4n) is 4.85. The normalized spacial score (nSPS) is 14.9. The summed E-state index contributed by atoms with van der Waals surface area (Å²) in [5.74, 6) is 1.53. The van der Waals surface area contributed by atoms with Gasteiger partial charge in [-0.3, -0.25) is 4.79 Å². The van der Waals surface area contributed by atoms with E-state index >= 15 is 0 Å². The standard InChI is InChI=1S/C32H37FO4/c1-20(2)21(3)29-15-23(10-12-28(29)30-18-26(36-4)11-13-31(30)33)19-37-27-7-5-6-24(16-27)25(17-32(34)35)14-22-8-9-22/h5-7,10-13,15-16,18,20-22,25H,8-9,14,17,19H2,1-4H3,(H,34,35)/t21?,25-/m1/s1. The largest absolute Gasteiger partial charge is 0.497 e. The minimum atomic E-state index is -0.767. The molecule has 0 aromatic heterocycles. The molecule has 3 aromatic rings. The van der Waals surface area contributed by atoms with Crippen molar-refractivity contribution in [2.24, 2.45) is 11.8 Å². The van der Waals surface area contributed by atoms with Crippen LogP contribution in [0.3, 0.4) is 0 Å². The quantitative estimate of drug-likeness (QED) is 0.270. The summed E-state index contributed by atoms with van der Waals surface area (Å²) < 4.78 is 26.4. The van der Waals surface area contributed by atoms with Crippen LogP contribution in [0.25, 0.3) is 11.1 Å². The Morgan fingerprint density at radius 3 is 2.46 bits per heavy atom. The first-order valence-electron chi connectivity index (χ1n) is 13.2. The van der Waals surface area contributed by atoms with E-state index in [0.717, 1.165) is 34.4 Å². The van der Waals surface area contributed by atoms with Gasteiger partial charge in [0.15, 0.2) is 0 Å². The topological polar surface area (TPSA) is 55.8 Å². The van der Waals surface area contributed by atoms with Crippen molar-refractivity contribution in [1.29, 1.82) is 0 Å². The average molecular weight is 505 g/mol. The van der Waals surface area contributed by atoms with Gasteiger partial charge in [0.05, 0.1) is 13.5 Å². The molecular formula is C32H37FO4.